The molecular formula is C14H18O. The van der Waals surface area contributed by atoms with Crippen molar-refractivity contribution in [2.24, 2.45) is 11.8 Å². The first-order valence-corrected chi connectivity index (χ1v) is 5.96. The maximum Gasteiger partial charge on any atom is 0.120 e. The Hall–Kier alpha value is -0.820. The summed E-state index contributed by atoms with van der Waals surface area (Å²) >= 11 is 0. The van der Waals surface area contributed by atoms with Crippen molar-refractivity contribution in [1.82, 2.24) is 0 Å². The molecule has 15 heavy (non-hydrogen) atoms. The van der Waals surface area contributed by atoms with E-state index >= 15 is 0 Å². The number of ether oxygens (including phenoxy) is 1. The summed E-state index contributed by atoms with van der Waals surface area (Å²) in [6.45, 7) is 4.67. The smallest absolute Gasteiger partial charge is 0.120 e. The molecule has 0 aromatic heterocycles. The van der Waals surface area contributed by atoms with Crippen LogP contribution in [-0.2, 0) is 10.3 Å². The molecule has 0 bridgehead atoms. The number of hydrogen-bond donors (Lipinski definition) is 0. The fourth-order valence-electron chi connectivity index (χ4n) is 3.36. The Morgan fingerprint density at radius 3 is 2.67 bits per heavy atom. The van der Waals surface area contributed by atoms with Crippen molar-refractivity contribution in [2.75, 3.05) is 0 Å². The first kappa shape index (κ1) is 9.41. The number of epoxide rings is 1. The van der Waals surface area contributed by atoms with Crippen LogP contribution in [0.2, 0.25) is 0 Å². The summed E-state index contributed by atoms with van der Waals surface area (Å²) in [5.41, 5.74) is 1.46. The fourth-order valence-corrected chi connectivity index (χ4v) is 3.36. The lowest BCUT2D eigenvalue weighted by Gasteiger charge is -2.27. The van der Waals surface area contributed by atoms with Crippen molar-refractivity contribution in [3.63, 3.8) is 0 Å². The van der Waals surface area contributed by atoms with E-state index in [4.69, 9.17) is 4.74 Å². The lowest BCUT2D eigenvalue weighted by Crippen LogP contribution is -2.27. The SMILES string of the molecule is C[C@@H]1C[C@H](C)[C@H]2O[C@@]2(c2ccccc2)C1. The number of fused-ring (bicyclic) bond motifs is 1. The molecule has 1 aromatic rings. The van der Waals surface area contributed by atoms with Gasteiger partial charge in [-0.15, -0.1) is 0 Å². The molecule has 0 spiro atoms. The van der Waals surface area contributed by atoms with Crippen LogP contribution in [0.4, 0.5) is 0 Å². The Kier molecular flexibility index (Phi) is 1.93. The number of hydrogen-bond acceptors (Lipinski definition) is 1. The zero-order chi connectivity index (χ0) is 10.5. The molecule has 1 nitrogen and oxygen atoms in total. The molecule has 3 rings (SSSR count). The van der Waals surface area contributed by atoms with E-state index in [1.807, 2.05) is 0 Å². The summed E-state index contributed by atoms with van der Waals surface area (Å²) < 4.78 is 6.03. The molecule has 1 heterocycles. The van der Waals surface area contributed by atoms with Gasteiger partial charge in [-0.1, -0.05) is 44.2 Å². The van der Waals surface area contributed by atoms with Crippen LogP contribution in [0.3, 0.4) is 0 Å². The van der Waals surface area contributed by atoms with Crippen LogP contribution in [0.1, 0.15) is 32.3 Å². The summed E-state index contributed by atoms with van der Waals surface area (Å²) in [7, 11) is 0. The molecule has 4 atom stereocenters. The average Bonchev–Trinajstić information content (AvgIpc) is 2.95. The van der Waals surface area contributed by atoms with Crippen molar-refractivity contribution in [3.05, 3.63) is 35.9 Å². The van der Waals surface area contributed by atoms with E-state index in [0.717, 1.165) is 5.92 Å². The van der Waals surface area contributed by atoms with Gasteiger partial charge in [0.05, 0.1) is 6.10 Å². The molecule has 1 aliphatic heterocycles. The molecule has 0 N–H and O–H groups in total. The Morgan fingerprint density at radius 1 is 1.20 bits per heavy atom. The minimum atomic E-state index is 0.0817. The van der Waals surface area contributed by atoms with Crippen molar-refractivity contribution >= 4 is 0 Å². The third-order valence-corrected chi connectivity index (χ3v) is 3.94. The molecule has 2 fully saturated rings. The van der Waals surface area contributed by atoms with Crippen molar-refractivity contribution in [1.29, 1.82) is 0 Å². The summed E-state index contributed by atoms with van der Waals surface area (Å²) in [6, 6.07) is 10.7. The Morgan fingerprint density at radius 2 is 1.93 bits per heavy atom. The van der Waals surface area contributed by atoms with Crippen LogP contribution in [0.5, 0.6) is 0 Å². The third-order valence-electron chi connectivity index (χ3n) is 3.94. The van der Waals surface area contributed by atoms with E-state index < -0.39 is 0 Å². The molecular weight excluding hydrogens is 184 g/mol. The van der Waals surface area contributed by atoms with Crippen LogP contribution in [0.25, 0.3) is 0 Å². The van der Waals surface area contributed by atoms with Crippen molar-refractivity contribution in [2.45, 2.75) is 38.4 Å². The van der Waals surface area contributed by atoms with Crippen LogP contribution >= 0.6 is 0 Å². The van der Waals surface area contributed by atoms with Crippen LogP contribution in [0.15, 0.2) is 30.3 Å². The van der Waals surface area contributed by atoms with E-state index in [1.165, 1.54) is 18.4 Å². The first-order chi connectivity index (χ1) is 7.22. The van der Waals surface area contributed by atoms with Gasteiger partial charge in [0.2, 0.25) is 0 Å². The predicted octanol–water partition coefficient (Wildman–Crippen LogP) is 3.35. The molecule has 80 valence electrons. The zero-order valence-corrected chi connectivity index (χ0v) is 9.44. The van der Waals surface area contributed by atoms with Gasteiger partial charge in [0.15, 0.2) is 0 Å². The molecule has 1 saturated heterocycles. The second kappa shape index (κ2) is 3.08. The lowest BCUT2D eigenvalue weighted by molar-refractivity contribution is 0.262. The van der Waals surface area contributed by atoms with E-state index in [-0.39, 0.29) is 5.60 Å². The van der Waals surface area contributed by atoms with Crippen LogP contribution in [-0.4, -0.2) is 6.10 Å². The predicted molar refractivity (Wildman–Crippen MR) is 60.6 cm³/mol. The third kappa shape index (κ3) is 1.33. The highest BCUT2D eigenvalue weighted by atomic mass is 16.6. The second-order valence-electron chi connectivity index (χ2n) is 5.32. The summed E-state index contributed by atoms with van der Waals surface area (Å²) in [4.78, 5) is 0. The summed E-state index contributed by atoms with van der Waals surface area (Å²) in [5, 5.41) is 0. The standard InChI is InChI=1S/C14H18O/c1-10-8-11(2)13-14(9-10,15-13)12-6-4-3-5-7-12/h3-7,10-11,13H,8-9H2,1-2H3/t10-,11+,13-,14-/m1/s1. The quantitative estimate of drug-likeness (QED) is 0.636. The second-order valence-corrected chi connectivity index (χ2v) is 5.32. The first-order valence-electron chi connectivity index (χ1n) is 5.96. The average molecular weight is 202 g/mol. The van der Waals surface area contributed by atoms with Gasteiger partial charge >= 0.3 is 0 Å². The highest BCUT2D eigenvalue weighted by Gasteiger charge is 2.62. The largest absolute Gasteiger partial charge is 0.361 e. The van der Waals surface area contributed by atoms with Gasteiger partial charge in [-0.2, -0.15) is 0 Å². The van der Waals surface area contributed by atoms with Crippen molar-refractivity contribution in [3.8, 4) is 0 Å². The Labute approximate surface area is 91.5 Å². The Bertz CT molecular complexity index is 359. The summed E-state index contributed by atoms with van der Waals surface area (Å²) in [5.74, 6) is 1.51. The minimum Gasteiger partial charge on any atom is -0.361 e. The molecule has 0 unspecified atom stereocenters. The topological polar surface area (TPSA) is 12.5 Å². The number of benzene rings is 1. The van der Waals surface area contributed by atoms with Gasteiger partial charge in [-0.25, -0.2) is 0 Å². The zero-order valence-electron chi connectivity index (χ0n) is 9.44. The highest BCUT2D eigenvalue weighted by Crippen LogP contribution is 2.58. The molecule has 0 radical (unpaired) electrons. The van der Waals surface area contributed by atoms with Gasteiger partial charge in [0.25, 0.3) is 0 Å². The molecule has 1 aromatic carbocycles. The van der Waals surface area contributed by atoms with E-state index in [2.05, 4.69) is 44.2 Å². The molecule has 1 saturated carbocycles. The van der Waals surface area contributed by atoms with E-state index in [1.54, 1.807) is 0 Å². The Balaban J connectivity index is 1.94. The van der Waals surface area contributed by atoms with E-state index in [0.29, 0.717) is 12.0 Å². The van der Waals surface area contributed by atoms with Crippen LogP contribution in [0, 0.1) is 11.8 Å². The van der Waals surface area contributed by atoms with E-state index in [9.17, 15) is 0 Å². The molecule has 2 aliphatic rings. The molecule has 0 amide bonds. The lowest BCUT2D eigenvalue weighted by atomic mass is 9.74. The van der Waals surface area contributed by atoms with Crippen molar-refractivity contribution < 1.29 is 4.74 Å². The van der Waals surface area contributed by atoms with Gasteiger partial charge < -0.3 is 4.74 Å². The fraction of sp³-hybridized carbons (Fsp3) is 0.571. The summed E-state index contributed by atoms with van der Waals surface area (Å²) in [6.07, 6.45) is 3.00. The van der Waals surface area contributed by atoms with Gasteiger partial charge in [0.1, 0.15) is 5.60 Å². The maximum absolute atomic E-state index is 6.03. The van der Waals surface area contributed by atoms with Gasteiger partial charge in [-0.05, 0) is 30.2 Å². The highest BCUT2D eigenvalue weighted by molar-refractivity contribution is 5.31. The number of rotatable bonds is 1. The minimum absolute atomic E-state index is 0.0817. The molecule has 1 aliphatic carbocycles. The molecule has 1 heteroatoms. The van der Waals surface area contributed by atoms with Gasteiger partial charge in [-0.3, -0.25) is 0 Å². The van der Waals surface area contributed by atoms with Crippen LogP contribution < -0.4 is 0 Å². The van der Waals surface area contributed by atoms with Gasteiger partial charge in [0, 0.05) is 0 Å². The monoisotopic (exact) mass is 202 g/mol. The normalized spacial score (nSPS) is 43.5. The maximum atomic E-state index is 6.03.